The summed E-state index contributed by atoms with van der Waals surface area (Å²) in [6, 6.07) is -0.194. The van der Waals surface area contributed by atoms with E-state index in [1.165, 1.54) is 0 Å². The molecule has 10 heavy (non-hydrogen) atoms. The van der Waals surface area contributed by atoms with Crippen LogP contribution in [0.4, 0.5) is 0 Å². The number of hydrogen-bond acceptors (Lipinski definition) is 3. The summed E-state index contributed by atoms with van der Waals surface area (Å²) < 4.78 is 10.1. The van der Waals surface area contributed by atoms with Crippen LogP contribution in [0.25, 0.3) is 0 Å². The van der Waals surface area contributed by atoms with Crippen molar-refractivity contribution in [2.24, 2.45) is 0 Å². The smallest absolute Gasteiger partial charge is 0.0104 e. The molecule has 0 bridgehead atoms. The lowest BCUT2D eigenvalue weighted by atomic mass is 10.2. The molecule has 0 aliphatic heterocycles. The van der Waals surface area contributed by atoms with Crippen molar-refractivity contribution >= 4 is 7.75 Å². The van der Waals surface area contributed by atoms with E-state index in [-0.39, 0.29) is 6.04 Å². The van der Waals surface area contributed by atoms with Gasteiger partial charge in [-0.2, -0.15) is 0 Å². The van der Waals surface area contributed by atoms with E-state index in [0.29, 0.717) is 12.8 Å². The van der Waals surface area contributed by atoms with Crippen molar-refractivity contribution in [2.75, 3.05) is 0 Å². The highest BCUT2D eigenvalue weighted by Gasteiger charge is 2.02. The molecule has 0 aromatic rings. The van der Waals surface area contributed by atoms with Gasteiger partial charge >= 0.3 is 0 Å². The zero-order chi connectivity index (χ0) is 8.20. The van der Waals surface area contributed by atoms with Gasteiger partial charge in [0, 0.05) is 6.04 Å². The van der Waals surface area contributed by atoms with Crippen LogP contribution in [-0.4, -0.2) is 6.04 Å². The fourth-order valence-electron chi connectivity index (χ4n) is 0.695. The Kier molecular flexibility index (Phi) is 4.13. The van der Waals surface area contributed by atoms with Crippen LogP contribution in [0.3, 0.4) is 0 Å². The summed E-state index contributed by atoms with van der Waals surface area (Å²) in [5.41, 5.74) is 0. The third kappa shape index (κ3) is 4.94. The molecule has 1 N–H and O–H groups in total. The molecule has 0 rings (SSSR count). The van der Waals surface area contributed by atoms with Gasteiger partial charge in [0.05, 0.1) is 0 Å². The Labute approximate surface area is 60.9 Å². The average Bonchev–Trinajstić information content (AvgIpc) is 1.81. The van der Waals surface area contributed by atoms with Crippen LogP contribution in [0.1, 0.15) is 26.7 Å². The minimum absolute atomic E-state index is 0.194. The minimum Gasteiger partial charge on any atom is -0.799 e. The second-order valence-corrected chi connectivity index (χ2v) is 3.39. The SMILES string of the molecule is CCC(CC)NP(=O)([O-])[O-]. The van der Waals surface area contributed by atoms with E-state index in [0.717, 1.165) is 0 Å². The summed E-state index contributed by atoms with van der Waals surface area (Å²) in [6.07, 6.45) is 1.32. The van der Waals surface area contributed by atoms with Gasteiger partial charge in [-0.15, -0.1) is 0 Å². The zero-order valence-corrected chi connectivity index (χ0v) is 7.06. The third-order valence-electron chi connectivity index (χ3n) is 1.33. The quantitative estimate of drug-likeness (QED) is 0.575. The first-order valence-electron chi connectivity index (χ1n) is 3.29. The fourth-order valence-corrected chi connectivity index (χ4v) is 1.51. The molecule has 4 nitrogen and oxygen atoms in total. The number of hydrogen-bond donors (Lipinski definition) is 1. The topological polar surface area (TPSA) is 75.2 Å². The lowest BCUT2D eigenvalue weighted by molar-refractivity contribution is -0.318. The summed E-state index contributed by atoms with van der Waals surface area (Å²) in [5.74, 6) is 0. The van der Waals surface area contributed by atoms with Crippen molar-refractivity contribution in [1.29, 1.82) is 0 Å². The van der Waals surface area contributed by atoms with E-state index in [1.54, 1.807) is 0 Å². The predicted octanol–water partition coefficient (Wildman–Crippen LogP) is -0.407. The summed E-state index contributed by atoms with van der Waals surface area (Å²) >= 11 is 0. The molecule has 0 aliphatic rings. The fraction of sp³-hybridized carbons (Fsp3) is 1.00. The Balaban J connectivity index is 3.75. The highest BCUT2D eigenvalue weighted by atomic mass is 31.2. The summed E-state index contributed by atoms with van der Waals surface area (Å²) in [6.45, 7) is 3.66. The third-order valence-corrected chi connectivity index (χ3v) is 2.01. The Morgan fingerprint density at radius 2 is 1.80 bits per heavy atom. The van der Waals surface area contributed by atoms with Gasteiger partial charge in [-0.05, 0) is 20.6 Å². The van der Waals surface area contributed by atoms with Crippen molar-refractivity contribution in [3.8, 4) is 0 Å². The van der Waals surface area contributed by atoms with E-state index < -0.39 is 7.75 Å². The molecule has 62 valence electrons. The van der Waals surface area contributed by atoms with Gasteiger partial charge in [-0.1, -0.05) is 13.8 Å². The first-order valence-corrected chi connectivity index (χ1v) is 4.83. The van der Waals surface area contributed by atoms with E-state index in [4.69, 9.17) is 0 Å². The summed E-state index contributed by atoms with van der Waals surface area (Å²) in [4.78, 5) is 20.2. The lowest BCUT2D eigenvalue weighted by Gasteiger charge is -2.34. The van der Waals surface area contributed by atoms with Gasteiger partial charge in [0.25, 0.3) is 0 Å². The lowest BCUT2D eigenvalue weighted by Crippen LogP contribution is -2.35. The largest absolute Gasteiger partial charge is 0.799 e. The normalized spacial score (nSPS) is 12.5. The van der Waals surface area contributed by atoms with Gasteiger partial charge in [0.1, 0.15) is 0 Å². The molecule has 0 saturated carbocycles. The van der Waals surface area contributed by atoms with E-state index in [2.05, 4.69) is 0 Å². The zero-order valence-electron chi connectivity index (χ0n) is 6.16. The molecule has 0 aromatic carbocycles. The summed E-state index contributed by atoms with van der Waals surface area (Å²) in [5, 5.41) is 2.00. The predicted molar refractivity (Wildman–Crippen MR) is 35.1 cm³/mol. The Bertz CT molecular complexity index is 129. The summed E-state index contributed by atoms with van der Waals surface area (Å²) in [7, 11) is -4.50. The molecule has 0 saturated heterocycles. The Morgan fingerprint density at radius 3 is 1.90 bits per heavy atom. The molecule has 0 aliphatic carbocycles. The monoisotopic (exact) mass is 165 g/mol. The van der Waals surface area contributed by atoms with E-state index in [9.17, 15) is 14.4 Å². The number of rotatable bonds is 4. The molecule has 0 amide bonds. The van der Waals surface area contributed by atoms with Crippen LogP contribution in [-0.2, 0) is 4.57 Å². The Morgan fingerprint density at radius 1 is 1.40 bits per heavy atom. The molecular formula is C5H12NO3P-2. The maximum atomic E-state index is 10.1. The average molecular weight is 165 g/mol. The van der Waals surface area contributed by atoms with Crippen LogP contribution in [0.2, 0.25) is 0 Å². The highest BCUT2D eigenvalue weighted by molar-refractivity contribution is 7.46. The van der Waals surface area contributed by atoms with Crippen molar-refractivity contribution in [1.82, 2.24) is 5.09 Å². The molecule has 0 spiro atoms. The molecule has 0 atom stereocenters. The van der Waals surface area contributed by atoms with Gasteiger partial charge in [0.15, 0.2) is 0 Å². The van der Waals surface area contributed by atoms with Crippen molar-refractivity contribution in [2.45, 2.75) is 32.7 Å². The van der Waals surface area contributed by atoms with Crippen LogP contribution in [0, 0.1) is 0 Å². The van der Waals surface area contributed by atoms with E-state index >= 15 is 0 Å². The maximum Gasteiger partial charge on any atom is 0.0104 e. The second kappa shape index (κ2) is 4.09. The standard InChI is InChI=1S/C5H14NO3P/c1-3-5(4-2)6-10(7,8)9/h5H,3-4H2,1-2H3,(H3,6,7,8,9)/p-2. The van der Waals surface area contributed by atoms with Crippen molar-refractivity contribution in [3.05, 3.63) is 0 Å². The van der Waals surface area contributed by atoms with Crippen LogP contribution >= 0.6 is 7.75 Å². The molecule has 5 heteroatoms. The highest BCUT2D eigenvalue weighted by Crippen LogP contribution is 2.18. The van der Waals surface area contributed by atoms with E-state index in [1.807, 2.05) is 18.9 Å². The number of nitrogens with one attached hydrogen (secondary N) is 1. The van der Waals surface area contributed by atoms with Gasteiger partial charge < -0.3 is 14.4 Å². The van der Waals surface area contributed by atoms with Crippen molar-refractivity contribution in [3.63, 3.8) is 0 Å². The van der Waals surface area contributed by atoms with Crippen LogP contribution in [0.15, 0.2) is 0 Å². The van der Waals surface area contributed by atoms with Crippen LogP contribution < -0.4 is 14.9 Å². The molecule has 0 heterocycles. The van der Waals surface area contributed by atoms with Gasteiger partial charge in [0.2, 0.25) is 0 Å². The minimum atomic E-state index is -4.50. The Hall–Kier alpha value is 0.110. The van der Waals surface area contributed by atoms with Crippen molar-refractivity contribution < 1.29 is 14.4 Å². The first kappa shape index (κ1) is 10.1. The molecule has 0 fully saturated rings. The van der Waals surface area contributed by atoms with Crippen LogP contribution in [0.5, 0.6) is 0 Å². The maximum absolute atomic E-state index is 10.1. The molecular weight excluding hydrogens is 153 g/mol. The second-order valence-electron chi connectivity index (χ2n) is 2.14. The first-order chi connectivity index (χ1) is 4.49. The van der Waals surface area contributed by atoms with Gasteiger partial charge in [-0.25, -0.2) is 0 Å². The van der Waals surface area contributed by atoms with Gasteiger partial charge in [-0.3, -0.25) is 5.09 Å². The molecule has 0 radical (unpaired) electrons. The molecule has 0 aromatic heterocycles. The molecule has 0 unspecified atom stereocenters.